The zero-order valence-electron chi connectivity index (χ0n) is 8.72. The summed E-state index contributed by atoms with van der Waals surface area (Å²) in [5, 5.41) is 0. The molecule has 0 N–H and O–H groups in total. The Morgan fingerprint density at radius 3 is 2.69 bits per heavy atom. The van der Waals surface area contributed by atoms with E-state index in [1.165, 1.54) is 11.8 Å². The maximum atomic E-state index is 11.3. The van der Waals surface area contributed by atoms with Crippen molar-refractivity contribution in [2.45, 2.75) is 0 Å². The molecule has 4 nitrogen and oxygen atoms in total. The highest BCUT2D eigenvalue weighted by Crippen LogP contribution is 2.26. The van der Waals surface area contributed by atoms with Crippen LogP contribution in [0.3, 0.4) is 0 Å². The van der Waals surface area contributed by atoms with Gasteiger partial charge in [-0.1, -0.05) is 30.1 Å². The number of ether oxygens (including phenoxy) is 1. The summed E-state index contributed by atoms with van der Waals surface area (Å²) in [5.41, 5.74) is 0. The fraction of sp³-hybridized carbons (Fsp3) is 0.667. The van der Waals surface area contributed by atoms with Gasteiger partial charge in [-0.3, -0.25) is 0 Å². The third-order valence-electron chi connectivity index (χ3n) is 2.41. The maximum Gasteiger partial charge on any atom is 0.158 e. The molecule has 0 bridgehead atoms. The van der Waals surface area contributed by atoms with Crippen molar-refractivity contribution in [1.82, 2.24) is 4.90 Å². The van der Waals surface area contributed by atoms with E-state index in [9.17, 15) is 8.42 Å². The first-order valence-electron chi connectivity index (χ1n) is 5.01. The minimum absolute atomic E-state index is 0.141. The van der Waals surface area contributed by atoms with Crippen molar-refractivity contribution < 1.29 is 13.2 Å². The molecular formula is C9H13NO3S3. The molecule has 0 amide bonds. The lowest BCUT2D eigenvalue weighted by atomic mass is 10.5. The van der Waals surface area contributed by atoms with Crippen LogP contribution in [-0.4, -0.2) is 55.4 Å². The van der Waals surface area contributed by atoms with Crippen molar-refractivity contribution in [3.63, 3.8) is 0 Å². The lowest BCUT2D eigenvalue weighted by molar-refractivity contribution is 0.0702. The molecule has 2 aliphatic rings. The lowest BCUT2D eigenvalue weighted by Crippen LogP contribution is -2.38. The summed E-state index contributed by atoms with van der Waals surface area (Å²) in [6, 6.07) is 0. The smallest absolute Gasteiger partial charge is 0.158 e. The highest BCUT2D eigenvalue weighted by molar-refractivity contribution is 8.25. The van der Waals surface area contributed by atoms with Gasteiger partial charge in [-0.2, -0.15) is 0 Å². The minimum Gasteiger partial charge on any atom is -0.378 e. The molecule has 1 saturated heterocycles. The third kappa shape index (κ3) is 3.19. The van der Waals surface area contributed by atoms with Crippen LogP contribution in [0.2, 0.25) is 0 Å². The summed E-state index contributed by atoms with van der Waals surface area (Å²) in [6.07, 6.45) is 1.76. The van der Waals surface area contributed by atoms with E-state index in [0.29, 0.717) is 13.2 Å². The second-order valence-corrected chi connectivity index (χ2v) is 7.56. The van der Waals surface area contributed by atoms with Crippen molar-refractivity contribution >= 4 is 38.1 Å². The van der Waals surface area contributed by atoms with Gasteiger partial charge in [0.15, 0.2) is 9.84 Å². The van der Waals surface area contributed by atoms with Gasteiger partial charge in [-0.05, 0) is 0 Å². The summed E-state index contributed by atoms with van der Waals surface area (Å²) >= 11 is 6.68. The van der Waals surface area contributed by atoms with Crippen molar-refractivity contribution in [2.75, 3.05) is 37.8 Å². The molecule has 0 aromatic rings. The average Bonchev–Trinajstić information content (AvgIpc) is 2.59. The average molecular weight is 279 g/mol. The van der Waals surface area contributed by atoms with E-state index in [1.54, 1.807) is 6.08 Å². The molecule has 0 aromatic carbocycles. The number of thiocarbonyl (C=S) groups is 1. The van der Waals surface area contributed by atoms with Crippen LogP contribution in [0.4, 0.5) is 0 Å². The summed E-state index contributed by atoms with van der Waals surface area (Å²) in [5.74, 6) is 0.295. The highest BCUT2D eigenvalue weighted by Gasteiger charge is 2.23. The Morgan fingerprint density at radius 2 is 2.12 bits per heavy atom. The normalized spacial score (nSPS) is 24.2. The second kappa shape index (κ2) is 5.03. The molecule has 0 radical (unpaired) electrons. The van der Waals surface area contributed by atoms with Gasteiger partial charge in [0.1, 0.15) is 4.32 Å². The number of hydrogen-bond acceptors (Lipinski definition) is 5. The molecule has 16 heavy (non-hydrogen) atoms. The van der Waals surface area contributed by atoms with Crippen LogP contribution in [0, 0.1) is 0 Å². The monoisotopic (exact) mass is 279 g/mol. The zero-order valence-corrected chi connectivity index (χ0v) is 11.2. The summed E-state index contributed by atoms with van der Waals surface area (Å²) in [4.78, 5) is 2.92. The first-order chi connectivity index (χ1) is 7.57. The predicted molar refractivity (Wildman–Crippen MR) is 69.3 cm³/mol. The predicted octanol–water partition coefficient (Wildman–Crippen LogP) is 0.649. The quantitative estimate of drug-likeness (QED) is 0.657. The van der Waals surface area contributed by atoms with Crippen molar-refractivity contribution in [1.29, 1.82) is 0 Å². The van der Waals surface area contributed by atoms with Crippen molar-refractivity contribution in [3.8, 4) is 0 Å². The maximum absolute atomic E-state index is 11.3. The van der Waals surface area contributed by atoms with Crippen LogP contribution in [0.1, 0.15) is 0 Å². The van der Waals surface area contributed by atoms with E-state index in [-0.39, 0.29) is 11.5 Å². The standard InChI is InChI=1S/C9H13NO3S3/c11-16(12)6-1-8(7-16)15-9(14)10-2-4-13-5-3-10/h1H,2-7H2. The third-order valence-corrected chi connectivity index (χ3v) is 5.54. The van der Waals surface area contributed by atoms with Gasteiger partial charge < -0.3 is 9.64 Å². The molecule has 0 aromatic heterocycles. The molecule has 0 spiro atoms. The van der Waals surface area contributed by atoms with Crippen LogP contribution in [0.15, 0.2) is 11.0 Å². The lowest BCUT2D eigenvalue weighted by Gasteiger charge is -2.28. The van der Waals surface area contributed by atoms with Gasteiger partial charge in [-0.15, -0.1) is 0 Å². The zero-order chi connectivity index (χ0) is 11.6. The molecule has 0 aliphatic carbocycles. The molecule has 2 aliphatic heterocycles. The Kier molecular flexibility index (Phi) is 3.89. The Bertz CT molecular complexity index is 410. The molecule has 0 unspecified atom stereocenters. The van der Waals surface area contributed by atoms with Crippen LogP contribution in [0.5, 0.6) is 0 Å². The van der Waals surface area contributed by atoms with Gasteiger partial charge in [0, 0.05) is 18.0 Å². The number of hydrogen-bond donors (Lipinski definition) is 0. The van der Waals surface area contributed by atoms with Gasteiger partial charge >= 0.3 is 0 Å². The second-order valence-electron chi connectivity index (χ2n) is 3.69. The number of sulfone groups is 1. The number of nitrogens with zero attached hydrogens (tertiary/aromatic N) is 1. The fourth-order valence-corrected chi connectivity index (χ4v) is 4.76. The molecule has 2 rings (SSSR count). The van der Waals surface area contributed by atoms with Crippen LogP contribution < -0.4 is 0 Å². The van der Waals surface area contributed by atoms with E-state index in [0.717, 1.165) is 22.3 Å². The SMILES string of the molecule is O=S1(=O)CC=C(SC(=S)N2CCOCC2)C1. The Morgan fingerprint density at radius 1 is 1.44 bits per heavy atom. The molecule has 2 heterocycles. The van der Waals surface area contributed by atoms with Crippen LogP contribution in [-0.2, 0) is 14.6 Å². The van der Waals surface area contributed by atoms with E-state index in [1.807, 2.05) is 0 Å². The van der Waals surface area contributed by atoms with Crippen LogP contribution >= 0.6 is 24.0 Å². The van der Waals surface area contributed by atoms with E-state index in [2.05, 4.69) is 4.90 Å². The first kappa shape index (κ1) is 12.3. The van der Waals surface area contributed by atoms with Gasteiger partial charge in [0.25, 0.3) is 0 Å². The number of rotatable bonds is 1. The molecule has 1 fully saturated rings. The molecule has 90 valence electrons. The van der Waals surface area contributed by atoms with Crippen LogP contribution in [0.25, 0.3) is 0 Å². The van der Waals surface area contributed by atoms with Crippen molar-refractivity contribution in [2.24, 2.45) is 0 Å². The van der Waals surface area contributed by atoms with Gasteiger partial charge in [0.05, 0.1) is 24.7 Å². The van der Waals surface area contributed by atoms with E-state index in [4.69, 9.17) is 17.0 Å². The molecular weight excluding hydrogens is 266 g/mol. The summed E-state index contributed by atoms with van der Waals surface area (Å²) in [6.45, 7) is 2.98. The minimum atomic E-state index is -2.89. The first-order valence-corrected chi connectivity index (χ1v) is 8.05. The van der Waals surface area contributed by atoms with E-state index < -0.39 is 9.84 Å². The fourth-order valence-electron chi connectivity index (χ4n) is 1.55. The highest BCUT2D eigenvalue weighted by atomic mass is 32.2. The Labute approximate surface area is 105 Å². The summed E-state index contributed by atoms with van der Waals surface area (Å²) < 4.78 is 28.5. The molecule has 0 saturated carbocycles. The Balaban J connectivity index is 1.88. The molecule has 7 heteroatoms. The topological polar surface area (TPSA) is 46.6 Å². The van der Waals surface area contributed by atoms with E-state index >= 15 is 0 Å². The Hall–Kier alpha value is -0.110. The summed E-state index contributed by atoms with van der Waals surface area (Å²) in [7, 11) is -2.89. The largest absolute Gasteiger partial charge is 0.378 e. The number of thioether (sulfide) groups is 1. The van der Waals surface area contributed by atoms with Gasteiger partial charge in [-0.25, -0.2) is 8.42 Å². The van der Waals surface area contributed by atoms with Crippen molar-refractivity contribution in [3.05, 3.63) is 11.0 Å². The number of morpholine rings is 1. The van der Waals surface area contributed by atoms with Gasteiger partial charge in [0.2, 0.25) is 0 Å². The molecule has 0 atom stereocenters.